The van der Waals surface area contributed by atoms with Crippen LogP contribution in [-0.2, 0) is 16.3 Å². The van der Waals surface area contributed by atoms with Gasteiger partial charge in [-0.05, 0) is 17.7 Å². The smallest absolute Gasteiger partial charge is 0.351 e. The summed E-state index contributed by atoms with van der Waals surface area (Å²) in [7, 11) is -0.456. The molecule has 1 aliphatic heterocycles. The van der Waals surface area contributed by atoms with E-state index >= 15 is 0 Å². The molecule has 0 amide bonds. The third-order valence-corrected chi connectivity index (χ3v) is 5.87. The van der Waals surface area contributed by atoms with Gasteiger partial charge in [0.2, 0.25) is 5.50 Å². The molecule has 2 aromatic rings. The quantitative estimate of drug-likeness (QED) is 0.361. The van der Waals surface area contributed by atoms with Crippen molar-refractivity contribution in [3.63, 3.8) is 0 Å². The fraction of sp³-hybridized carbons (Fsp3) is 0.238. The number of sulfone groups is 1. The fourth-order valence-electron chi connectivity index (χ4n) is 3.25. The molecule has 11 nitrogen and oxygen atoms in total. The van der Waals surface area contributed by atoms with E-state index in [4.69, 9.17) is 10.6 Å². The summed E-state index contributed by atoms with van der Waals surface area (Å²) in [5.41, 5.74) is -0.851. The van der Waals surface area contributed by atoms with Gasteiger partial charge in [-0.25, -0.2) is 24.3 Å². The van der Waals surface area contributed by atoms with Crippen LogP contribution in [-0.4, -0.2) is 49.9 Å². The monoisotopic (exact) mass is 470 g/mol. The van der Waals surface area contributed by atoms with Crippen LogP contribution in [0.5, 0.6) is 5.75 Å². The molecule has 3 rings (SSSR count). The minimum Gasteiger partial charge on any atom is -0.432 e. The molecule has 1 aliphatic rings. The van der Waals surface area contributed by atoms with Gasteiger partial charge in [-0.3, -0.25) is 10.1 Å². The number of nitro groups is 1. The highest BCUT2D eigenvalue weighted by Crippen LogP contribution is 2.33. The van der Waals surface area contributed by atoms with Crippen LogP contribution < -0.4 is 15.5 Å². The van der Waals surface area contributed by atoms with Crippen LogP contribution in [0.1, 0.15) is 11.1 Å². The second-order valence-electron chi connectivity index (χ2n) is 7.50. The number of nitrogens with two attached hydrogens (primary N) is 1. The third-order valence-electron chi connectivity index (χ3n) is 4.77. The number of rotatable bonds is 7. The summed E-state index contributed by atoms with van der Waals surface area (Å²) in [6, 6.07) is 15.3. The van der Waals surface area contributed by atoms with Crippen molar-refractivity contribution in [2.75, 3.05) is 25.3 Å². The van der Waals surface area contributed by atoms with Crippen LogP contribution in [0.25, 0.3) is 0 Å². The zero-order chi connectivity index (χ0) is 24.3. The van der Waals surface area contributed by atoms with E-state index in [-0.39, 0.29) is 23.4 Å². The maximum Gasteiger partial charge on any atom is 0.351 e. The summed E-state index contributed by atoms with van der Waals surface area (Å²) in [6.07, 6.45) is 0.917. The third kappa shape index (κ3) is 5.11. The lowest BCUT2D eigenvalue weighted by atomic mass is 10.1. The van der Waals surface area contributed by atoms with E-state index in [0.29, 0.717) is 16.3 Å². The van der Waals surface area contributed by atoms with Crippen molar-refractivity contribution in [1.82, 2.24) is 5.01 Å². The molecule has 1 heterocycles. The van der Waals surface area contributed by atoms with Crippen molar-refractivity contribution in [2.45, 2.75) is 11.9 Å². The van der Waals surface area contributed by atoms with E-state index in [1.165, 1.54) is 6.07 Å². The molecule has 172 valence electrons. The molecule has 1 atom stereocenters. The minimum absolute atomic E-state index is 0.0113. The molecule has 0 aromatic heterocycles. The minimum atomic E-state index is -3.90. The van der Waals surface area contributed by atoms with Gasteiger partial charge in [0.25, 0.3) is 5.88 Å². The van der Waals surface area contributed by atoms with Gasteiger partial charge in [-0.2, -0.15) is 5.26 Å². The lowest BCUT2D eigenvalue weighted by Gasteiger charge is -2.30. The Morgan fingerprint density at radius 3 is 2.48 bits per heavy atom. The molecule has 0 aliphatic carbocycles. The Kier molecular flexibility index (Phi) is 6.66. The molecule has 0 radical (unpaired) electrons. The first-order chi connectivity index (χ1) is 15.5. The maximum absolute atomic E-state index is 12.4. The largest absolute Gasteiger partial charge is 0.432 e. The molecule has 2 aromatic carbocycles. The topological polar surface area (TPSA) is 155 Å². The summed E-state index contributed by atoms with van der Waals surface area (Å²) in [5.74, 6) is 5.62. The van der Waals surface area contributed by atoms with Crippen LogP contribution in [0, 0.1) is 21.4 Å². The highest BCUT2D eigenvalue weighted by Gasteiger charge is 2.42. The molecular weight excluding hydrogens is 448 g/mol. The predicted octanol–water partition coefficient (Wildman–Crippen LogP) is 1.65. The molecule has 12 heteroatoms. The summed E-state index contributed by atoms with van der Waals surface area (Å²) in [5, 5.41) is 22.0. The van der Waals surface area contributed by atoms with Crippen LogP contribution >= 0.6 is 0 Å². The summed E-state index contributed by atoms with van der Waals surface area (Å²) in [4.78, 5) is 17.2. The van der Waals surface area contributed by atoms with Crippen molar-refractivity contribution in [2.24, 2.45) is 10.8 Å². The Bertz CT molecular complexity index is 1280. The average Bonchev–Trinajstić information content (AvgIpc) is 2.75. The summed E-state index contributed by atoms with van der Waals surface area (Å²) in [6.45, 7) is 0. The number of nitriles is 1. The SMILES string of the molecule is CN(C)c1ccc(C#N)cc1OC1=C([N+](=O)[O-])C(Cc2ccccc2)=NC(S(C)(=O)=O)N1N. The van der Waals surface area contributed by atoms with E-state index in [0.717, 1.165) is 6.26 Å². The molecule has 0 spiro atoms. The second kappa shape index (κ2) is 9.27. The molecule has 0 fully saturated rings. The fourth-order valence-corrected chi connectivity index (χ4v) is 4.07. The van der Waals surface area contributed by atoms with Crippen LogP contribution in [0.4, 0.5) is 5.69 Å². The number of anilines is 1. The first-order valence-corrected chi connectivity index (χ1v) is 11.6. The van der Waals surface area contributed by atoms with E-state index < -0.39 is 31.8 Å². The van der Waals surface area contributed by atoms with E-state index in [1.54, 1.807) is 61.5 Å². The number of nitrogens with zero attached hydrogens (tertiary/aromatic N) is 5. The van der Waals surface area contributed by atoms with Gasteiger partial charge >= 0.3 is 5.70 Å². The summed E-state index contributed by atoms with van der Waals surface area (Å²) < 4.78 is 30.7. The lowest BCUT2D eigenvalue weighted by molar-refractivity contribution is -0.419. The van der Waals surface area contributed by atoms with Crippen LogP contribution in [0.15, 0.2) is 65.1 Å². The number of allylic oxidation sites excluding steroid dienone is 1. The van der Waals surface area contributed by atoms with Gasteiger partial charge < -0.3 is 9.64 Å². The van der Waals surface area contributed by atoms with E-state index in [1.807, 2.05) is 6.07 Å². The number of benzene rings is 2. The molecule has 33 heavy (non-hydrogen) atoms. The molecule has 1 unspecified atom stereocenters. The first kappa shape index (κ1) is 23.7. The van der Waals surface area contributed by atoms with Crippen molar-refractivity contribution >= 4 is 21.2 Å². The number of hydrogen-bond donors (Lipinski definition) is 1. The molecule has 0 saturated heterocycles. The number of hydrazine groups is 1. The Balaban J connectivity index is 2.21. The first-order valence-electron chi connectivity index (χ1n) is 9.64. The van der Waals surface area contributed by atoms with Crippen molar-refractivity contribution < 1.29 is 18.1 Å². The highest BCUT2D eigenvalue weighted by atomic mass is 32.2. The molecule has 2 N–H and O–H groups in total. The number of ether oxygens (including phenoxy) is 1. The molecular formula is C21H22N6O5S. The second-order valence-corrected chi connectivity index (χ2v) is 9.58. The maximum atomic E-state index is 12.4. The van der Waals surface area contributed by atoms with Gasteiger partial charge in [0.05, 0.1) is 22.2 Å². The van der Waals surface area contributed by atoms with Crippen molar-refractivity contribution in [3.05, 3.63) is 81.4 Å². The van der Waals surface area contributed by atoms with Gasteiger partial charge in [0.1, 0.15) is 5.71 Å². The molecule has 0 bridgehead atoms. The van der Waals surface area contributed by atoms with E-state index in [2.05, 4.69) is 4.99 Å². The average molecular weight is 471 g/mol. The predicted molar refractivity (Wildman–Crippen MR) is 122 cm³/mol. The van der Waals surface area contributed by atoms with Crippen LogP contribution in [0.2, 0.25) is 0 Å². The van der Waals surface area contributed by atoms with Crippen molar-refractivity contribution in [3.8, 4) is 11.8 Å². The number of aliphatic imine (C=N–C) groups is 1. The van der Waals surface area contributed by atoms with E-state index in [9.17, 15) is 23.8 Å². The molecule has 0 saturated carbocycles. The Morgan fingerprint density at radius 2 is 1.94 bits per heavy atom. The normalized spacial score (nSPS) is 16.2. The van der Waals surface area contributed by atoms with Crippen molar-refractivity contribution in [1.29, 1.82) is 5.26 Å². The number of hydrogen-bond acceptors (Lipinski definition) is 10. The Hall–Kier alpha value is -3.95. The van der Waals surface area contributed by atoms with Gasteiger partial charge in [-0.15, -0.1) is 0 Å². The van der Waals surface area contributed by atoms with Gasteiger partial charge in [0.15, 0.2) is 15.6 Å². The van der Waals surface area contributed by atoms with Gasteiger partial charge in [-0.1, -0.05) is 30.3 Å². The highest BCUT2D eigenvalue weighted by molar-refractivity contribution is 7.91. The zero-order valence-electron chi connectivity index (χ0n) is 18.2. The Morgan fingerprint density at radius 1 is 1.27 bits per heavy atom. The summed E-state index contributed by atoms with van der Waals surface area (Å²) >= 11 is 0. The Labute approximate surface area is 191 Å². The lowest BCUT2D eigenvalue weighted by Crippen LogP contribution is -2.50. The standard InChI is InChI=1S/C21H22N6O5S/c1-25(2)17-10-9-15(13-22)12-18(17)32-20-19(27(28)29)16(11-14-7-5-4-6-8-14)24-21(26(20)23)33(3,30)31/h4-10,12,21H,11,23H2,1-3H3. The van der Waals surface area contributed by atoms with Crippen LogP contribution in [0.3, 0.4) is 0 Å². The zero-order valence-corrected chi connectivity index (χ0v) is 19.0. The van der Waals surface area contributed by atoms with Gasteiger partial charge in [0, 0.05) is 32.8 Å².